The zero-order valence-electron chi connectivity index (χ0n) is 12.1. The Balaban J connectivity index is 2.09. The van der Waals surface area contributed by atoms with Crippen molar-refractivity contribution in [1.29, 1.82) is 5.26 Å². The van der Waals surface area contributed by atoms with Crippen LogP contribution in [0.2, 0.25) is 0 Å². The van der Waals surface area contributed by atoms with Crippen LogP contribution in [0.3, 0.4) is 0 Å². The zero-order valence-corrected chi connectivity index (χ0v) is 14.5. The Morgan fingerprint density at radius 3 is 2.22 bits per heavy atom. The first-order valence-corrected chi connectivity index (χ1v) is 8.15. The highest BCUT2D eigenvalue weighted by Gasteiger charge is 2.10. The average Bonchev–Trinajstić information content (AvgIpc) is 2.91. The van der Waals surface area contributed by atoms with Crippen LogP contribution in [0.5, 0.6) is 0 Å². The summed E-state index contributed by atoms with van der Waals surface area (Å²) in [5.74, 6) is -0.650. The minimum absolute atomic E-state index is 0.0188. The van der Waals surface area contributed by atoms with Crippen LogP contribution < -0.4 is 10.6 Å². The summed E-state index contributed by atoms with van der Waals surface area (Å²) >= 11 is 4.77. The molecule has 116 valence electrons. The fraction of sp³-hybridized carbons (Fsp3) is 0.0625. The molecule has 7 heteroatoms. The molecule has 2 rings (SSSR count). The number of benzene rings is 1. The first kappa shape index (κ1) is 16.9. The number of thiophene rings is 1. The van der Waals surface area contributed by atoms with Gasteiger partial charge in [-0.3, -0.25) is 9.59 Å². The molecule has 0 unspecified atom stereocenters. The van der Waals surface area contributed by atoms with E-state index >= 15 is 0 Å². The van der Waals surface area contributed by atoms with Gasteiger partial charge in [0.25, 0.3) is 5.91 Å². The Morgan fingerprint density at radius 1 is 1.13 bits per heavy atom. The van der Waals surface area contributed by atoms with Crippen LogP contribution >= 0.6 is 27.3 Å². The van der Waals surface area contributed by atoms with Crippen LogP contribution in [-0.4, -0.2) is 11.8 Å². The van der Waals surface area contributed by atoms with Crippen molar-refractivity contribution in [3.8, 4) is 6.07 Å². The predicted octanol–water partition coefficient (Wildman–Crippen LogP) is 4.01. The maximum absolute atomic E-state index is 12.1. The number of nitrogens with zero attached hydrogens (tertiary/aromatic N) is 1. The van der Waals surface area contributed by atoms with Crippen molar-refractivity contribution in [2.75, 3.05) is 10.6 Å². The van der Waals surface area contributed by atoms with E-state index in [-0.39, 0.29) is 11.5 Å². The molecule has 2 amide bonds. The molecule has 0 aliphatic rings. The first-order valence-electron chi connectivity index (χ1n) is 6.54. The molecule has 0 radical (unpaired) electrons. The molecule has 0 aliphatic carbocycles. The minimum Gasteiger partial charge on any atom is -0.326 e. The summed E-state index contributed by atoms with van der Waals surface area (Å²) in [6.07, 6.45) is 1.54. The number of nitrogens with one attached hydrogen (secondary N) is 2. The molecule has 0 saturated heterocycles. The van der Waals surface area contributed by atoms with E-state index in [1.807, 2.05) is 18.2 Å². The molecule has 1 aromatic carbocycles. The highest BCUT2D eigenvalue weighted by atomic mass is 79.9. The van der Waals surface area contributed by atoms with E-state index < -0.39 is 5.91 Å². The summed E-state index contributed by atoms with van der Waals surface area (Å²) in [7, 11) is 0. The van der Waals surface area contributed by atoms with Crippen molar-refractivity contribution in [3.05, 3.63) is 50.6 Å². The topological polar surface area (TPSA) is 82.0 Å². The van der Waals surface area contributed by atoms with Crippen molar-refractivity contribution >= 4 is 56.5 Å². The lowest BCUT2D eigenvalue weighted by molar-refractivity contribution is -0.114. The van der Waals surface area contributed by atoms with Gasteiger partial charge < -0.3 is 10.6 Å². The fourth-order valence-corrected chi connectivity index (χ4v) is 3.10. The Bertz CT molecular complexity index is 803. The monoisotopic (exact) mass is 389 g/mol. The molecule has 0 bridgehead atoms. The second kappa shape index (κ2) is 7.72. The van der Waals surface area contributed by atoms with Crippen molar-refractivity contribution < 1.29 is 9.59 Å². The fourth-order valence-electron chi connectivity index (χ4n) is 1.74. The van der Waals surface area contributed by atoms with Crippen molar-refractivity contribution in [3.63, 3.8) is 0 Å². The summed E-state index contributed by atoms with van der Waals surface area (Å²) in [5, 5.41) is 14.4. The number of rotatable bonds is 4. The molecule has 0 saturated carbocycles. The van der Waals surface area contributed by atoms with Gasteiger partial charge in [-0.2, -0.15) is 5.26 Å². The van der Waals surface area contributed by atoms with Crippen LogP contribution in [0.1, 0.15) is 11.8 Å². The molecule has 0 aliphatic heterocycles. The SMILES string of the molecule is CC(=O)Nc1ccc(NC(=O)/C(C#N)=C/c2ccc(Br)s2)cc1. The van der Waals surface area contributed by atoms with Gasteiger partial charge in [-0.15, -0.1) is 11.3 Å². The number of anilines is 2. The number of hydrogen-bond donors (Lipinski definition) is 2. The van der Waals surface area contributed by atoms with Gasteiger partial charge in [0.1, 0.15) is 11.6 Å². The molecular formula is C16H12BrN3O2S. The highest BCUT2D eigenvalue weighted by molar-refractivity contribution is 9.11. The van der Waals surface area contributed by atoms with Gasteiger partial charge in [-0.25, -0.2) is 0 Å². The third kappa shape index (κ3) is 5.06. The van der Waals surface area contributed by atoms with E-state index in [2.05, 4.69) is 26.6 Å². The van der Waals surface area contributed by atoms with Gasteiger partial charge in [-0.05, 0) is 58.4 Å². The van der Waals surface area contributed by atoms with E-state index in [9.17, 15) is 9.59 Å². The number of halogens is 1. The second-order valence-corrected chi connectivity index (χ2v) is 7.02. The summed E-state index contributed by atoms with van der Waals surface area (Å²) < 4.78 is 0.926. The molecule has 2 N–H and O–H groups in total. The van der Waals surface area contributed by atoms with E-state index in [1.54, 1.807) is 24.3 Å². The Morgan fingerprint density at radius 2 is 1.74 bits per heavy atom. The van der Waals surface area contributed by atoms with Gasteiger partial charge in [-0.1, -0.05) is 0 Å². The normalized spacial score (nSPS) is 10.7. The lowest BCUT2D eigenvalue weighted by Crippen LogP contribution is -2.13. The minimum atomic E-state index is -0.482. The maximum Gasteiger partial charge on any atom is 0.266 e. The number of hydrogen-bond acceptors (Lipinski definition) is 4. The van der Waals surface area contributed by atoms with E-state index in [0.29, 0.717) is 11.4 Å². The van der Waals surface area contributed by atoms with Crippen LogP contribution in [0, 0.1) is 11.3 Å². The molecule has 0 spiro atoms. The number of nitriles is 1. The largest absolute Gasteiger partial charge is 0.326 e. The van der Waals surface area contributed by atoms with Crippen molar-refractivity contribution in [2.24, 2.45) is 0 Å². The lowest BCUT2D eigenvalue weighted by Gasteiger charge is -2.06. The van der Waals surface area contributed by atoms with Gasteiger partial charge >= 0.3 is 0 Å². The molecule has 1 aromatic heterocycles. The second-order valence-electron chi connectivity index (χ2n) is 4.52. The van der Waals surface area contributed by atoms with Gasteiger partial charge in [0.2, 0.25) is 5.91 Å². The van der Waals surface area contributed by atoms with Crippen LogP contribution in [0.15, 0.2) is 45.8 Å². The molecular weight excluding hydrogens is 378 g/mol. The number of amides is 2. The Hall–Kier alpha value is -2.43. The zero-order chi connectivity index (χ0) is 16.8. The summed E-state index contributed by atoms with van der Waals surface area (Å²) in [6.45, 7) is 1.42. The molecule has 2 aromatic rings. The van der Waals surface area contributed by atoms with Crippen molar-refractivity contribution in [2.45, 2.75) is 6.92 Å². The third-order valence-electron chi connectivity index (χ3n) is 2.71. The van der Waals surface area contributed by atoms with E-state index in [0.717, 1.165) is 8.66 Å². The van der Waals surface area contributed by atoms with E-state index in [4.69, 9.17) is 5.26 Å². The van der Waals surface area contributed by atoms with Crippen LogP contribution in [-0.2, 0) is 9.59 Å². The van der Waals surface area contributed by atoms with Crippen LogP contribution in [0.4, 0.5) is 11.4 Å². The molecule has 0 fully saturated rings. The average molecular weight is 390 g/mol. The van der Waals surface area contributed by atoms with Crippen LogP contribution in [0.25, 0.3) is 6.08 Å². The lowest BCUT2D eigenvalue weighted by atomic mass is 10.2. The number of carbonyl (C=O) groups is 2. The smallest absolute Gasteiger partial charge is 0.266 e. The van der Waals surface area contributed by atoms with Crippen molar-refractivity contribution in [1.82, 2.24) is 0 Å². The predicted molar refractivity (Wildman–Crippen MR) is 95.0 cm³/mol. The quantitative estimate of drug-likeness (QED) is 0.611. The van der Waals surface area contributed by atoms with Gasteiger partial charge in [0.05, 0.1) is 3.79 Å². The maximum atomic E-state index is 12.1. The molecule has 5 nitrogen and oxygen atoms in total. The summed E-state index contributed by atoms with van der Waals surface area (Å²) in [5.41, 5.74) is 1.19. The molecule has 0 atom stereocenters. The Kier molecular flexibility index (Phi) is 5.68. The summed E-state index contributed by atoms with van der Waals surface area (Å²) in [6, 6.07) is 12.2. The molecule has 23 heavy (non-hydrogen) atoms. The third-order valence-corrected chi connectivity index (χ3v) is 4.28. The molecule has 1 heterocycles. The first-order chi connectivity index (χ1) is 11.0. The van der Waals surface area contributed by atoms with Gasteiger partial charge in [0, 0.05) is 23.2 Å². The Labute approximate surface area is 145 Å². The standard InChI is InChI=1S/C16H12BrN3O2S/c1-10(21)19-12-2-4-13(5-3-12)20-16(22)11(9-18)8-14-6-7-15(17)23-14/h2-8H,1H3,(H,19,21)(H,20,22)/b11-8+. The van der Waals surface area contributed by atoms with Gasteiger partial charge in [0.15, 0.2) is 0 Å². The number of carbonyl (C=O) groups excluding carboxylic acids is 2. The highest BCUT2D eigenvalue weighted by Crippen LogP contribution is 2.24. The van der Waals surface area contributed by atoms with E-state index in [1.165, 1.54) is 24.3 Å². The summed E-state index contributed by atoms with van der Waals surface area (Å²) in [4.78, 5) is 23.9.